The van der Waals surface area contributed by atoms with Gasteiger partial charge in [0, 0.05) is 5.69 Å². The second-order valence-corrected chi connectivity index (χ2v) is 4.70. The highest BCUT2D eigenvalue weighted by molar-refractivity contribution is 5.92. The van der Waals surface area contributed by atoms with E-state index in [1.807, 2.05) is 0 Å². The van der Waals surface area contributed by atoms with Crippen LogP contribution in [0.4, 0.5) is 5.69 Å². The normalized spacial score (nSPS) is 11.9. The summed E-state index contributed by atoms with van der Waals surface area (Å²) < 4.78 is 0. The third-order valence-electron chi connectivity index (χ3n) is 2.93. The van der Waals surface area contributed by atoms with Gasteiger partial charge < -0.3 is 15.5 Å². The van der Waals surface area contributed by atoms with E-state index in [9.17, 15) is 15.0 Å². The Hall–Kier alpha value is -2.33. The molecule has 0 radical (unpaired) electrons. The minimum Gasteiger partial charge on any atom is -0.508 e. The zero-order valence-corrected chi connectivity index (χ0v) is 11.2. The number of aliphatic hydroxyl groups is 1. The van der Waals surface area contributed by atoms with Crippen molar-refractivity contribution >= 4 is 11.6 Å². The van der Waals surface area contributed by atoms with Crippen molar-refractivity contribution in [3.63, 3.8) is 0 Å². The van der Waals surface area contributed by atoms with Crippen molar-refractivity contribution in [2.75, 3.05) is 5.32 Å². The first-order valence-electron chi connectivity index (χ1n) is 6.40. The lowest BCUT2D eigenvalue weighted by Gasteiger charge is -2.09. The molecule has 0 saturated heterocycles. The van der Waals surface area contributed by atoms with Gasteiger partial charge in [-0.05, 0) is 42.3 Å². The molecule has 0 fully saturated rings. The fourth-order valence-corrected chi connectivity index (χ4v) is 1.93. The number of amides is 1. The first-order chi connectivity index (χ1) is 9.54. The maximum absolute atomic E-state index is 11.9. The molecule has 3 N–H and O–H groups in total. The molecule has 0 aliphatic heterocycles. The van der Waals surface area contributed by atoms with Gasteiger partial charge in [-0.15, -0.1) is 0 Å². The minimum absolute atomic E-state index is 0.145. The molecule has 1 atom stereocenters. The second kappa shape index (κ2) is 6.21. The maximum atomic E-state index is 11.9. The van der Waals surface area contributed by atoms with Crippen LogP contribution in [0, 0.1) is 0 Å². The van der Waals surface area contributed by atoms with Gasteiger partial charge in [-0.3, -0.25) is 4.79 Å². The third kappa shape index (κ3) is 3.83. The van der Waals surface area contributed by atoms with Gasteiger partial charge in [0.15, 0.2) is 0 Å². The van der Waals surface area contributed by atoms with Gasteiger partial charge in [0.25, 0.3) is 0 Å². The fraction of sp³-hybridized carbons (Fsp3) is 0.188. The molecule has 0 saturated carbocycles. The van der Waals surface area contributed by atoms with Crippen molar-refractivity contribution in [2.24, 2.45) is 0 Å². The van der Waals surface area contributed by atoms with E-state index in [-0.39, 0.29) is 18.1 Å². The molecule has 0 aromatic heterocycles. The van der Waals surface area contributed by atoms with Gasteiger partial charge in [0.2, 0.25) is 5.91 Å². The van der Waals surface area contributed by atoms with E-state index in [1.54, 1.807) is 55.5 Å². The molecule has 2 aromatic rings. The highest BCUT2D eigenvalue weighted by atomic mass is 16.3. The van der Waals surface area contributed by atoms with E-state index in [1.165, 1.54) is 0 Å². The maximum Gasteiger partial charge on any atom is 0.228 e. The van der Waals surface area contributed by atoms with Gasteiger partial charge in [-0.25, -0.2) is 0 Å². The van der Waals surface area contributed by atoms with Crippen LogP contribution in [0.2, 0.25) is 0 Å². The van der Waals surface area contributed by atoms with E-state index in [0.29, 0.717) is 5.69 Å². The summed E-state index contributed by atoms with van der Waals surface area (Å²) in [5.41, 5.74) is 2.14. The molecule has 2 aromatic carbocycles. The van der Waals surface area contributed by atoms with Crippen LogP contribution in [0.5, 0.6) is 5.75 Å². The predicted molar refractivity (Wildman–Crippen MR) is 77.5 cm³/mol. The highest BCUT2D eigenvalue weighted by Crippen LogP contribution is 2.17. The molecule has 4 heteroatoms. The molecular formula is C16H17NO3. The van der Waals surface area contributed by atoms with Gasteiger partial charge in [0.1, 0.15) is 5.75 Å². The quantitative estimate of drug-likeness (QED) is 0.800. The zero-order chi connectivity index (χ0) is 14.5. The monoisotopic (exact) mass is 271 g/mol. The standard InChI is InChI=1S/C16H17NO3/c1-11(18)13-5-3-6-14(10-13)17-16(20)9-12-4-2-7-15(19)8-12/h2-8,10-11,18-19H,9H2,1H3,(H,17,20). The van der Waals surface area contributed by atoms with Crippen molar-refractivity contribution in [1.82, 2.24) is 0 Å². The van der Waals surface area contributed by atoms with Crippen molar-refractivity contribution in [1.29, 1.82) is 0 Å². The topological polar surface area (TPSA) is 69.6 Å². The van der Waals surface area contributed by atoms with Crippen LogP contribution < -0.4 is 5.32 Å². The number of rotatable bonds is 4. The van der Waals surface area contributed by atoms with Crippen LogP contribution >= 0.6 is 0 Å². The van der Waals surface area contributed by atoms with E-state index in [2.05, 4.69) is 5.32 Å². The number of anilines is 1. The van der Waals surface area contributed by atoms with Crippen LogP contribution in [0.15, 0.2) is 48.5 Å². The summed E-state index contributed by atoms with van der Waals surface area (Å²) in [7, 11) is 0. The Balaban J connectivity index is 2.03. The Bertz CT molecular complexity index is 608. The van der Waals surface area contributed by atoms with Crippen LogP contribution in [0.25, 0.3) is 0 Å². The number of carbonyl (C=O) groups excluding carboxylic acids is 1. The number of aromatic hydroxyl groups is 1. The number of phenols is 1. The molecular weight excluding hydrogens is 254 g/mol. The highest BCUT2D eigenvalue weighted by Gasteiger charge is 2.06. The lowest BCUT2D eigenvalue weighted by atomic mass is 10.1. The molecule has 0 aliphatic carbocycles. The summed E-state index contributed by atoms with van der Waals surface area (Å²) in [5, 5.41) is 21.6. The summed E-state index contributed by atoms with van der Waals surface area (Å²) >= 11 is 0. The molecule has 1 amide bonds. The van der Waals surface area contributed by atoms with Crippen molar-refractivity contribution in [3.05, 3.63) is 59.7 Å². The van der Waals surface area contributed by atoms with Crippen molar-refractivity contribution in [3.8, 4) is 5.75 Å². The SMILES string of the molecule is CC(O)c1cccc(NC(=O)Cc2cccc(O)c2)c1. The molecule has 0 spiro atoms. The molecule has 0 heterocycles. The van der Waals surface area contributed by atoms with Gasteiger partial charge in [0.05, 0.1) is 12.5 Å². The number of hydrogen-bond acceptors (Lipinski definition) is 3. The van der Waals surface area contributed by atoms with E-state index in [0.717, 1.165) is 11.1 Å². The lowest BCUT2D eigenvalue weighted by molar-refractivity contribution is -0.115. The Morgan fingerprint density at radius 3 is 2.65 bits per heavy atom. The molecule has 104 valence electrons. The number of hydrogen-bond donors (Lipinski definition) is 3. The number of phenolic OH excluding ortho intramolecular Hbond substituents is 1. The molecule has 0 aliphatic rings. The Kier molecular flexibility index (Phi) is 4.38. The molecule has 1 unspecified atom stereocenters. The number of nitrogens with one attached hydrogen (secondary N) is 1. The van der Waals surface area contributed by atoms with Crippen LogP contribution in [-0.2, 0) is 11.2 Å². The summed E-state index contributed by atoms with van der Waals surface area (Å²) in [5.74, 6) is -0.0234. The van der Waals surface area contributed by atoms with E-state index >= 15 is 0 Å². The summed E-state index contributed by atoms with van der Waals surface area (Å²) in [6, 6.07) is 13.7. The van der Waals surface area contributed by atoms with E-state index < -0.39 is 6.10 Å². The van der Waals surface area contributed by atoms with Crippen molar-refractivity contribution < 1.29 is 15.0 Å². The molecule has 2 rings (SSSR count). The number of aliphatic hydroxyl groups excluding tert-OH is 1. The average molecular weight is 271 g/mol. The zero-order valence-electron chi connectivity index (χ0n) is 11.2. The fourth-order valence-electron chi connectivity index (χ4n) is 1.93. The Labute approximate surface area is 117 Å². The summed E-state index contributed by atoms with van der Waals surface area (Å²) in [6.07, 6.45) is -0.384. The molecule has 4 nitrogen and oxygen atoms in total. The van der Waals surface area contributed by atoms with Crippen molar-refractivity contribution in [2.45, 2.75) is 19.4 Å². The first kappa shape index (κ1) is 14.1. The average Bonchev–Trinajstić information content (AvgIpc) is 2.38. The largest absolute Gasteiger partial charge is 0.508 e. The predicted octanol–water partition coefficient (Wildman–Crippen LogP) is 2.63. The van der Waals surface area contributed by atoms with Gasteiger partial charge in [-0.1, -0.05) is 24.3 Å². The lowest BCUT2D eigenvalue weighted by Crippen LogP contribution is -2.14. The van der Waals surface area contributed by atoms with Crippen LogP contribution in [-0.4, -0.2) is 16.1 Å². The first-order valence-corrected chi connectivity index (χ1v) is 6.40. The Morgan fingerprint density at radius 1 is 1.20 bits per heavy atom. The number of carbonyl (C=O) groups is 1. The number of benzene rings is 2. The molecule has 20 heavy (non-hydrogen) atoms. The third-order valence-corrected chi connectivity index (χ3v) is 2.93. The smallest absolute Gasteiger partial charge is 0.228 e. The van der Waals surface area contributed by atoms with E-state index in [4.69, 9.17) is 0 Å². The van der Waals surface area contributed by atoms with Crippen LogP contribution in [0.1, 0.15) is 24.2 Å². The second-order valence-electron chi connectivity index (χ2n) is 4.70. The minimum atomic E-state index is -0.571. The summed E-state index contributed by atoms with van der Waals surface area (Å²) in [6.45, 7) is 1.67. The van der Waals surface area contributed by atoms with Gasteiger partial charge >= 0.3 is 0 Å². The summed E-state index contributed by atoms with van der Waals surface area (Å²) in [4.78, 5) is 11.9. The van der Waals surface area contributed by atoms with Gasteiger partial charge in [-0.2, -0.15) is 0 Å². The Morgan fingerprint density at radius 2 is 1.95 bits per heavy atom. The molecule has 0 bridgehead atoms. The van der Waals surface area contributed by atoms with Crippen LogP contribution in [0.3, 0.4) is 0 Å².